The van der Waals surface area contributed by atoms with Gasteiger partial charge in [-0.05, 0) is 30.7 Å². The second-order valence-electron chi connectivity index (χ2n) is 4.01. The van der Waals surface area contributed by atoms with Crippen LogP contribution in [0.2, 0.25) is 0 Å². The third-order valence-corrected chi connectivity index (χ3v) is 2.73. The minimum Gasteiger partial charge on any atom is -0.464 e. The molecule has 6 heteroatoms. The number of aryl methyl sites for hydroxylation is 1. The van der Waals surface area contributed by atoms with Crippen molar-refractivity contribution in [3.8, 4) is 0 Å². The molecule has 100 valence electrons. The van der Waals surface area contributed by atoms with Crippen molar-refractivity contribution in [2.75, 3.05) is 7.11 Å². The third kappa shape index (κ3) is 2.38. The van der Waals surface area contributed by atoms with Crippen molar-refractivity contribution < 1.29 is 22.7 Å². The normalized spacial score (nSPS) is 11.6. The number of ether oxygens (including phenoxy) is 1. The van der Waals surface area contributed by atoms with Crippen molar-refractivity contribution in [1.82, 2.24) is 4.98 Å². The van der Waals surface area contributed by atoms with Gasteiger partial charge in [0.1, 0.15) is 5.69 Å². The van der Waals surface area contributed by atoms with Crippen LogP contribution in [0.3, 0.4) is 0 Å². The van der Waals surface area contributed by atoms with E-state index in [4.69, 9.17) is 0 Å². The summed E-state index contributed by atoms with van der Waals surface area (Å²) in [5, 5.41) is 0.00246. The van der Waals surface area contributed by atoms with E-state index in [2.05, 4.69) is 9.72 Å². The number of fused-ring (bicyclic) bond motifs is 1. The zero-order chi connectivity index (χ0) is 14.2. The Balaban J connectivity index is 2.76. The molecule has 0 fully saturated rings. The molecule has 2 aromatic rings. The van der Waals surface area contributed by atoms with Gasteiger partial charge in [-0.3, -0.25) is 0 Å². The van der Waals surface area contributed by atoms with E-state index >= 15 is 0 Å². The maximum absolute atomic E-state index is 12.9. The number of methoxy groups -OCH3 is 1. The molecule has 0 N–H and O–H groups in total. The number of hydrogen-bond donors (Lipinski definition) is 0. The van der Waals surface area contributed by atoms with Gasteiger partial charge in [-0.15, -0.1) is 0 Å². The quantitative estimate of drug-likeness (QED) is 0.745. The van der Waals surface area contributed by atoms with Crippen LogP contribution in [-0.4, -0.2) is 18.1 Å². The number of carbonyl (C=O) groups excluding carboxylic acids is 1. The van der Waals surface area contributed by atoms with Gasteiger partial charge in [0, 0.05) is 5.39 Å². The Morgan fingerprint density at radius 2 is 2.00 bits per heavy atom. The van der Waals surface area contributed by atoms with Crippen molar-refractivity contribution in [3.05, 3.63) is 41.1 Å². The van der Waals surface area contributed by atoms with Crippen LogP contribution < -0.4 is 0 Å². The summed E-state index contributed by atoms with van der Waals surface area (Å²) < 4.78 is 43.2. The summed E-state index contributed by atoms with van der Waals surface area (Å²) in [6.45, 7) is 1.51. The monoisotopic (exact) mass is 269 g/mol. The highest BCUT2D eigenvalue weighted by Crippen LogP contribution is 2.35. The number of nitrogens with zero attached hydrogens (tertiary/aromatic N) is 1. The summed E-state index contributed by atoms with van der Waals surface area (Å²) in [7, 11) is 1.19. The Morgan fingerprint density at radius 3 is 2.58 bits per heavy atom. The molecule has 0 saturated heterocycles. The van der Waals surface area contributed by atoms with E-state index in [1.54, 1.807) is 0 Å². The number of rotatable bonds is 1. The van der Waals surface area contributed by atoms with E-state index in [0.717, 1.165) is 6.07 Å². The number of pyridine rings is 1. The Kier molecular flexibility index (Phi) is 3.18. The first kappa shape index (κ1) is 13.3. The molecule has 0 unspecified atom stereocenters. The molecular weight excluding hydrogens is 259 g/mol. The van der Waals surface area contributed by atoms with Gasteiger partial charge in [0.2, 0.25) is 0 Å². The molecule has 1 aromatic heterocycles. The molecule has 0 atom stereocenters. The Morgan fingerprint density at radius 1 is 1.32 bits per heavy atom. The molecule has 1 heterocycles. The molecule has 0 amide bonds. The number of hydrogen-bond acceptors (Lipinski definition) is 3. The summed E-state index contributed by atoms with van der Waals surface area (Å²) in [5.41, 5.74) is -0.313. The minimum absolute atomic E-state index is 0.00246. The van der Waals surface area contributed by atoms with Crippen molar-refractivity contribution in [1.29, 1.82) is 0 Å². The van der Waals surface area contributed by atoms with Crippen molar-refractivity contribution in [2.24, 2.45) is 0 Å². The highest BCUT2D eigenvalue weighted by Gasteiger charge is 2.33. The number of benzene rings is 1. The first-order valence-electron chi connectivity index (χ1n) is 5.40. The maximum Gasteiger partial charge on any atom is 0.417 e. The Bertz CT molecular complexity index is 650. The predicted octanol–water partition coefficient (Wildman–Crippen LogP) is 3.35. The molecule has 0 bridgehead atoms. The first-order valence-corrected chi connectivity index (χ1v) is 5.40. The zero-order valence-corrected chi connectivity index (χ0v) is 10.2. The molecule has 3 nitrogen and oxygen atoms in total. The van der Waals surface area contributed by atoms with Crippen molar-refractivity contribution in [3.63, 3.8) is 0 Å². The standard InChI is InChI=1S/C13H10F3NO2/c1-7-6-10(12(18)19-2)17-9-5-3-4-8(11(7)9)13(14,15)16/h3-6H,1-2H3. The van der Waals surface area contributed by atoms with E-state index in [1.165, 1.54) is 32.2 Å². The molecular formula is C13H10F3NO2. The van der Waals surface area contributed by atoms with E-state index < -0.39 is 17.7 Å². The van der Waals surface area contributed by atoms with Gasteiger partial charge in [-0.2, -0.15) is 13.2 Å². The lowest BCUT2D eigenvalue weighted by atomic mass is 10.0. The summed E-state index contributed by atoms with van der Waals surface area (Å²) in [4.78, 5) is 15.3. The number of alkyl halides is 3. The number of esters is 1. The fraction of sp³-hybridized carbons (Fsp3) is 0.231. The Hall–Kier alpha value is -2.11. The molecule has 0 spiro atoms. The molecule has 0 aliphatic heterocycles. The largest absolute Gasteiger partial charge is 0.464 e. The lowest BCUT2D eigenvalue weighted by Crippen LogP contribution is -2.09. The third-order valence-electron chi connectivity index (χ3n) is 2.73. The van der Waals surface area contributed by atoms with Gasteiger partial charge in [-0.1, -0.05) is 6.07 Å². The van der Waals surface area contributed by atoms with E-state index in [0.29, 0.717) is 5.56 Å². The van der Waals surface area contributed by atoms with Gasteiger partial charge in [0.25, 0.3) is 0 Å². The van der Waals surface area contributed by atoms with Crippen LogP contribution in [0.25, 0.3) is 10.9 Å². The molecule has 0 aliphatic rings. The van der Waals surface area contributed by atoms with Crippen LogP contribution in [0, 0.1) is 6.92 Å². The summed E-state index contributed by atoms with van der Waals surface area (Å²) in [6.07, 6.45) is -4.46. The zero-order valence-electron chi connectivity index (χ0n) is 10.2. The van der Waals surface area contributed by atoms with Gasteiger partial charge in [0.05, 0.1) is 18.2 Å². The molecule has 1 aromatic carbocycles. The smallest absolute Gasteiger partial charge is 0.417 e. The number of carbonyl (C=O) groups is 1. The summed E-state index contributed by atoms with van der Waals surface area (Å²) in [5.74, 6) is -0.678. The SMILES string of the molecule is COC(=O)c1cc(C)c2c(C(F)(F)F)cccc2n1. The second kappa shape index (κ2) is 4.53. The van der Waals surface area contributed by atoms with Crippen LogP contribution in [0.4, 0.5) is 13.2 Å². The molecule has 2 rings (SSSR count). The van der Waals surface area contributed by atoms with Gasteiger partial charge in [0.15, 0.2) is 0 Å². The average molecular weight is 269 g/mol. The second-order valence-corrected chi connectivity index (χ2v) is 4.01. The van der Waals surface area contributed by atoms with Crippen LogP contribution >= 0.6 is 0 Å². The summed E-state index contributed by atoms with van der Waals surface area (Å²) in [6, 6.07) is 4.99. The lowest BCUT2D eigenvalue weighted by molar-refractivity contribution is -0.136. The van der Waals surface area contributed by atoms with Gasteiger partial charge >= 0.3 is 12.1 Å². The lowest BCUT2D eigenvalue weighted by Gasteiger charge is -2.12. The van der Waals surface area contributed by atoms with E-state index in [1.807, 2.05) is 0 Å². The number of halogens is 3. The molecule has 0 saturated carbocycles. The van der Waals surface area contributed by atoms with E-state index in [-0.39, 0.29) is 16.6 Å². The molecule has 19 heavy (non-hydrogen) atoms. The van der Waals surface area contributed by atoms with Crippen LogP contribution in [0.15, 0.2) is 24.3 Å². The maximum atomic E-state index is 12.9. The van der Waals surface area contributed by atoms with Gasteiger partial charge in [-0.25, -0.2) is 9.78 Å². The van der Waals surface area contributed by atoms with Crippen molar-refractivity contribution >= 4 is 16.9 Å². The fourth-order valence-corrected chi connectivity index (χ4v) is 1.93. The first-order chi connectivity index (χ1) is 8.84. The predicted molar refractivity (Wildman–Crippen MR) is 62.8 cm³/mol. The van der Waals surface area contributed by atoms with Crippen LogP contribution in [0.1, 0.15) is 21.6 Å². The molecule has 0 radical (unpaired) electrons. The van der Waals surface area contributed by atoms with Crippen LogP contribution in [0.5, 0.6) is 0 Å². The van der Waals surface area contributed by atoms with Crippen LogP contribution in [-0.2, 0) is 10.9 Å². The van der Waals surface area contributed by atoms with Gasteiger partial charge < -0.3 is 4.74 Å². The summed E-state index contributed by atoms with van der Waals surface area (Å²) >= 11 is 0. The fourth-order valence-electron chi connectivity index (χ4n) is 1.93. The van der Waals surface area contributed by atoms with Crippen molar-refractivity contribution in [2.45, 2.75) is 13.1 Å². The molecule has 0 aliphatic carbocycles. The highest BCUT2D eigenvalue weighted by molar-refractivity contribution is 5.93. The average Bonchev–Trinajstić information content (AvgIpc) is 2.35. The topological polar surface area (TPSA) is 39.2 Å². The number of aromatic nitrogens is 1. The highest BCUT2D eigenvalue weighted by atomic mass is 19.4. The minimum atomic E-state index is -4.46. The van der Waals surface area contributed by atoms with E-state index in [9.17, 15) is 18.0 Å². The Labute approximate surface area is 107 Å².